The van der Waals surface area contributed by atoms with E-state index in [0.29, 0.717) is 17.6 Å². The van der Waals surface area contributed by atoms with Crippen molar-refractivity contribution in [3.63, 3.8) is 0 Å². The maximum absolute atomic E-state index is 6.26. The molecule has 2 aromatic heterocycles. The molecule has 1 aliphatic rings. The van der Waals surface area contributed by atoms with Crippen molar-refractivity contribution in [2.45, 2.75) is 32.9 Å². The molecule has 9 heteroatoms. The van der Waals surface area contributed by atoms with Crippen molar-refractivity contribution < 1.29 is 0 Å². The highest BCUT2D eigenvalue weighted by Crippen LogP contribution is 2.25. The molecule has 1 fully saturated rings. The van der Waals surface area contributed by atoms with Gasteiger partial charge in [-0.3, -0.25) is 0 Å². The molecular weight excluding hydrogens is 483 g/mol. The van der Waals surface area contributed by atoms with Crippen LogP contribution >= 0.6 is 46.9 Å². The molecule has 1 aliphatic heterocycles. The lowest BCUT2D eigenvalue weighted by molar-refractivity contribution is 0.648. The minimum atomic E-state index is 0. The summed E-state index contributed by atoms with van der Waals surface area (Å²) in [6.07, 6.45) is 4.69. The van der Waals surface area contributed by atoms with Crippen molar-refractivity contribution in [3.05, 3.63) is 39.4 Å². The monoisotopic (exact) mass is 506 g/mol. The van der Waals surface area contributed by atoms with Crippen molar-refractivity contribution in [2.24, 2.45) is 4.99 Å². The van der Waals surface area contributed by atoms with E-state index in [4.69, 9.17) is 11.6 Å². The molecule has 0 aliphatic carbocycles. The van der Waals surface area contributed by atoms with Crippen LogP contribution in [-0.4, -0.2) is 41.6 Å². The highest BCUT2D eigenvalue weighted by atomic mass is 127. The van der Waals surface area contributed by atoms with Gasteiger partial charge < -0.3 is 15.5 Å². The predicted molar refractivity (Wildman–Crippen MR) is 120 cm³/mol. The Morgan fingerprint density at radius 3 is 3.00 bits per heavy atom. The second-order valence-corrected chi connectivity index (χ2v) is 7.67. The quantitative estimate of drug-likeness (QED) is 0.369. The van der Waals surface area contributed by atoms with Gasteiger partial charge in [0.1, 0.15) is 10.8 Å². The first-order valence-electron chi connectivity index (χ1n) is 8.47. The lowest BCUT2D eigenvalue weighted by atomic mass is 10.3. The van der Waals surface area contributed by atoms with Crippen LogP contribution in [-0.2, 0) is 6.54 Å². The fourth-order valence-electron chi connectivity index (χ4n) is 2.82. The number of hydrogen-bond acceptors (Lipinski definition) is 5. The number of anilines is 1. The van der Waals surface area contributed by atoms with Crippen molar-refractivity contribution in [1.29, 1.82) is 0 Å². The second kappa shape index (κ2) is 10.3. The highest BCUT2D eigenvalue weighted by Gasteiger charge is 2.25. The van der Waals surface area contributed by atoms with Crippen molar-refractivity contribution in [3.8, 4) is 0 Å². The number of nitrogens with one attached hydrogen (secondary N) is 2. The average Bonchev–Trinajstić information content (AvgIpc) is 3.22. The van der Waals surface area contributed by atoms with Crippen LogP contribution in [0.25, 0.3) is 0 Å². The number of guanidine groups is 1. The third-order valence-electron chi connectivity index (χ3n) is 3.95. The normalized spacial score (nSPS) is 17.1. The third-order valence-corrected chi connectivity index (χ3v) is 5.15. The SMILES string of the molecule is CCNC(=NCc1ncc(C)s1)NC1CCN(c2ncccc2Cl)C1.I. The van der Waals surface area contributed by atoms with E-state index in [1.807, 2.05) is 18.3 Å². The Balaban J connectivity index is 0.00000243. The first-order chi connectivity index (χ1) is 12.2. The number of nitrogens with zero attached hydrogens (tertiary/aromatic N) is 4. The summed E-state index contributed by atoms with van der Waals surface area (Å²) in [5.41, 5.74) is 0. The Kier molecular flexibility index (Phi) is 8.36. The molecule has 0 amide bonds. The molecule has 3 heterocycles. The van der Waals surface area contributed by atoms with E-state index in [-0.39, 0.29) is 24.0 Å². The van der Waals surface area contributed by atoms with E-state index in [0.717, 1.165) is 42.8 Å². The maximum atomic E-state index is 6.26. The second-order valence-electron chi connectivity index (χ2n) is 5.94. The lowest BCUT2D eigenvalue weighted by Crippen LogP contribution is -2.44. The lowest BCUT2D eigenvalue weighted by Gasteiger charge is -2.20. The van der Waals surface area contributed by atoms with E-state index >= 15 is 0 Å². The molecule has 0 bridgehead atoms. The van der Waals surface area contributed by atoms with Gasteiger partial charge in [0.2, 0.25) is 0 Å². The summed E-state index contributed by atoms with van der Waals surface area (Å²) < 4.78 is 0. The Hall–Kier alpha value is -1.13. The van der Waals surface area contributed by atoms with Crippen LogP contribution < -0.4 is 15.5 Å². The number of rotatable bonds is 5. The average molecular weight is 507 g/mol. The van der Waals surface area contributed by atoms with Crippen LogP contribution in [0.3, 0.4) is 0 Å². The molecule has 6 nitrogen and oxygen atoms in total. The number of thiazole rings is 1. The predicted octanol–water partition coefficient (Wildman–Crippen LogP) is 3.45. The number of aryl methyl sites for hydroxylation is 1. The molecule has 0 aromatic carbocycles. The summed E-state index contributed by atoms with van der Waals surface area (Å²) in [7, 11) is 0. The molecular formula is C17H24ClIN6S. The molecule has 2 aromatic rings. The molecule has 26 heavy (non-hydrogen) atoms. The van der Waals surface area contributed by atoms with Gasteiger partial charge in [0.25, 0.3) is 0 Å². The molecule has 3 rings (SSSR count). The van der Waals surface area contributed by atoms with E-state index in [2.05, 4.69) is 44.3 Å². The minimum Gasteiger partial charge on any atom is -0.357 e. The molecule has 0 saturated carbocycles. The Morgan fingerprint density at radius 1 is 1.46 bits per heavy atom. The Bertz CT molecular complexity index is 738. The van der Waals surface area contributed by atoms with Gasteiger partial charge in [-0.25, -0.2) is 15.0 Å². The van der Waals surface area contributed by atoms with Crippen LogP contribution in [0, 0.1) is 6.92 Å². The van der Waals surface area contributed by atoms with Crippen LogP contribution in [0.4, 0.5) is 5.82 Å². The fourth-order valence-corrected chi connectivity index (χ4v) is 3.77. The van der Waals surface area contributed by atoms with E-state index < -0.39 is 0 Å². The third kappa shape index (κ3) is 5.68. The number of halogens is 2. The first-order valence-corrected chi connectivity index (χ1v) is 9.66. The van der Waals surface area contributed by atoms with Gasteiger partial charge in [-0.1, -0.05) is 11.6 Å². The summed E-state index contributed by atoms with van der Waals surface area (Å²) in [5, 5.41) is 8.55. The van der Waals surface area contributed by atoms with Crippen LogP contribution in [0.15, 0.2) is 29.5 Å². The van der Waals surface area contributed by atoms with Gasteiger partial charge >= 0.3 is 0 Å². The highest BCUT2D eigenvalue weighted by molar-refractivity contribution is 14.0. The zero-order valence-electron chi connectivity index (χ0n) is 14.9. The van der Waals surface area contributed by atoms with Gasteiger partial charge in [-0.05, 0) is 32.4 Å². The van der Waals surface area contributed by atoms with Crippen molar-refractivity contribution >= 4 is 58.7 Å². The molecule has 142 valence electrons. The fraction of sp³-hybridized carbons (Fsp3) is 0.471. The number of pyridine rings is 1. The summed E-state index contributed by atoms with van der Waals surface area (Å²) in [5.74, 6) is 1.68. The van der Waals surface area contributed by atoms with Crippen LogP contribution in [0.2, 0.25) is 5.02 Å². The number of aliphatic imine (C=N–C) groups is 1. The van der Waals surface area contributed by atoms with Gasteiger partial charge in [0, 0.05) is 42.9 Å². The van der Waals surface area contributed by atoms with Crippen molar-refractivity contribution in [2.75, 3.05) is 24.5 Å². The minimum absolute atomic E-state index is 0. The van der Waals surface area contributed by atoms with E-state index in [1.54, 1.807) is 17.5 Å². The first kappa shape index (κ1) is 21.2. The Morgan fingerprint density at radius 2 is 2.31 bits per heavy atom. The summed E-state index contributed by atoms with van der Waals surface area (Å²) in [6, 6.07) is 4.05. The largest absolute Gasteiger partial charge is 0.357 e. The topological polar surface area (TPSA) is 65.4 Å². The maximum Gasteiger partial charge on any atom is 0.191 e. The zero-order chi connectivity index (χ0) is 17.6. The number of hydrogen-bond donors (Lipinski definition) is 2. The van der Waals surface area contributed by atoms with E-state index in [9.17, 15) is 0 Å². The van der Waals surface area contributed by atoms with Crippen molar-refractivity contribution in [1.82, 2.24) is 20.6 Å². The van der Waals surface area contributed by atoms with Gasteiger partial charge in [0.15, 0.2) is 5.96 Å². The Labute approximate surface area is 180 Å². The molecule has 2 N–H and O–H groups in total. The molecule has 1 atom stereocenters. The molecule has 0 spiro atoms. The van der Waals surface area contributed by atoms with Gasteiger partial charge in [-0.2, -0.15) is 0 Å². The van der Waals surface area contributed by atoms with Gasteiger partial charge in [-0.15, -0.1) is 35.3 Å². The van der Waals surface area contributed by atoms with Crippen LogP contribution in [0.1, 0.15) is 23.2 Å². The molecule has 0 radical (unpaired) electrons. The smallest absolute Gasteiger partial charge is 0.191 e. The summed E-state index contributed by atoms with van der Waals surface area (Å²) in [6.45, 7) is 7.34. The molecule has 1 unspecified atom stereocenters. The van der Waals surface area contributed by atoms with Gasteiger partial charge in [0.05, 0.1) is 11.6 Å². The standard InChI is InChI=1S/C17H23ClN6S.HI/c1-3-19-17(22-10-15-21-9-12(2)25-15)23-13-6-8-24(11-13)16-14(18)5-4-7-20-16;/h4-5,7,9,13H,3,6,8,10-11H2,1-2H3,(H2,19,22,23);1H. The number of aromatic nitrogens is 2. The van der Waals surface area contributed by atoms with Crippen LogP contribution in [0.5, 0.6) is 0 Å². The summed E-state index contributed by atoms with van der Waals surface area (Å²) in [4.78, 5) is 16.9. The summed E-state index contributed by atoms with van der Waals surface area (Å²) >= 11 is 7.95. The zero-order valence-corrected chi connectivity index (χ0v) is 18.8. The molecule has 1 saturated heterocycles. The van der Waals surface area contributed by atoms with E-state index in [1.165, 1.54) is 4.88 Å².